The molecule has 1 saturated carbocycles. The zero-order valence-electron chi connectivity index (χ0n) is 11.4. The van der Waals surface area contributed by atoms with Crippen molar-refractivity contribution in [2.75, 3.05) is 33.9 Å². The molecule has 0 aliphatic heterocycles. The number of imidazole rings is 1. The Morgan fingerprint density at radius 3 is 3.11 bits per heavy atom. The lowest BCUT2D eigenvalue weighted by Gasteiger charge is -2.17. The Labute approximate surface area is 109 Å². The fourth-order valence-electron chi connectivity index (χ4n) is 2.05. The van der Waals surface area contributed by atoms with Gasteiger partial charge in [-0.15, -0.1) is 0 Å². The second-order valence-electron chi connectivity index (χ2n) is 4.96. The van der Waals surface area contributed by atoms with E-state index in [9.17, 15) is 0 Å². The highest BCUT2D eigenvalue weighted by atomic mass is 16.5. The highest BCUT2D eigenvalue weighted by Gasteiger charge is 2.25. The van der Waals surface area contributed by atoms with Crippen molar-refractivity contribution in [2.24, 2.45) is 0 Å². The molecule has 2 rings (SSSR count). The molecule has 0 aromatic carbocycles. The lowest BCUT2D eigenvalue weighted by molar-refractivity contribution is 0.199. The summed E-state index contributed by atoms with van der Waals surface area (Å²) >= 11 is 0. The molecule has 1 N–H and O–H groups in total. The van der Waals surface area contributed by atoms with Crippen molar-refractivity contribution in [1.29, 1.82) is 0 Å². The molecular weight excluding hydrogens is 228 g/mol. The van der Waals surface area contributed by atoms with Crippen molar-refractivity contribution < 1.29 is 4.74 Å². The van der Waals surface area contributed by atoms with Gasteiger partial charge in [0.1, 0.15) is 0 Å². The molecule has 102 valence electrons. The van der Waals surface area contributed by atoms with Gasteiger partial charge in [-0.25, -0.2) is 4.98 Å². The fraction of sp³-hybridized carbons (Fsp3) is 0.769. The summed E-state index contributed by atoms with van der Waals surface area (Å²) in [4.78, 5) is 6.68. The van der Waals surface area contributed by atoms with Crippen LogP contribution in [0.3, 0.4) is 0 Å². The third kappa shape index (κ3) is 4.08. The van der Waals surface area contributed by atoms with E-state index < -0.39 is 0 Å². The Hall–Kier alpha value is -0.910. The smallest absolute Gasteiger partial charge is 0.0949 e. The first-order valence-corrected chi connectivity index (χ1v) is 6.70. The molecule has 1 aromatic rings. The molecular formula is C13H24N4O. The minimum absolute atomic E-state index is 0.749. The Kier molecular flexibility index (Phi) is 5.16. The minimum atomic E-state index is 0.749. The van der Waals surface area contributed by atoms with E-state index in [-0.39, 0.29) is 0 Å². The number of hydrogen-bond acceptors (Lipinski definition) is 4. The van der Waals surface area contributed by atoms with Crippen molar-refractivity contribution >= 4 is 0 Å². The maximum atomic E-state index is 5.01. The predicted molar refractivity (Wildman–Crippen MR) is 71.5 cm³/mol. The third-order valence-corrected chi connectivity index (χ3v) is 3.45. The topological polar surface area (TPSA) is 42.3 Å². The summed E-state index contributed by atoms with van der Waals surface area (Å²) in [6.07, 6.45) is 6.60. The Morgan fingerprint density at radius 2 is 2.39 bits per heavy atom. The number of methoxy groups -OCH3 is 1. The fourth-order valence-corrected chi connectivity index (χ4v) is 2.05. The van der Waals surface area contributed by atoms with Gasteiger partial charge in [-0.1, -0.05) is 0 Å². The number of likely N-dealkylation sites (N-methyl/N-ethyl adjacent to an activating group) is 1. The van der Waals surface area contributed by atoms with E-state index >= 15 is 0 Å². The van der Waals surface area contributed by atoms with E-state index in [0.29, 0.717) is 0 Å². The monoisotopic (exact) mass is 252 g/mol. The van der Waals surface area contributed by atoms with Crippen LogP contribution in [0.4, 0.5) is 0 Å². The third-order valence-electron chi connectivity index (χ3n) is 3.45. The molecule has 1 heterocycles. The normalized spacial score (nSPS) is 15.5. The van der Waals surface area contributed by atoms with Crippen LogP contribution in [0.15, 0.2) is 12.5 Å². The lowest BCUT2D eigenvalue weighted by atomic mass is 10.4. The number of hydrogen-bond donors (Lipinski definition) is 1. The largest absolute Gasteiger partial charge is 0.383 e. The van der Waals surface area contributed by atoms with Gasteiger partial charge in [-0.05, 0) is 19.9 Å². The average Bonchev–Trinajstić information content (AvgIpc) is 3.13. The summed E-state index contributed by atoms with van der Waals surface area (Å²) in [7, 11) is 3.94. The summed E-state index contributed by atoms with van der Waals surface area (Å²) in [5, 5.41) is 3.35. The average molecular weight is 252 g/mol. The molecule has 0 bridgehead atoms. The van der Waals surface area contributed by atoms with Crippen LogP contribution in [0.25, 0.3) is 0 Å². The molecule has 0 spiro atoms. The highest BCUT2D eigenvalue weighted by Crippen LogP contribution is 2.24. The highest BCUT2D eigenvalue weighted by molar-refractivity contribution is 4.98. The van der Waals surface area contributed by atoms with Crippen molar-refractivity contribution in [2.45, 2.75) is 32.0 Å². The molecule has 0 saturated heterocycles. The standard InChI is InChI=1S/C13H24N4O/c1-16(12-3-4-12)6-7-17-11-15-10-13(17)9-14-5-8-18-2/h10-12,14H,3-9H2,1-2H3. The number of ether oxygens (including phenoxy) is 1. The Balaban J connectivity index is 1.72. The van der Waals surface area contributed by atoms with Crippen LogP contribution in [-0.2, 0) is 17.8 Å². The van der Waals surface area contributed by atoms with E-state index in [2.05, 4.69) is 26.8 Å². The minimum Gasteiger partial charge on any atom is -0.383 e. The number of nitrogens with zero attached hydrogens (tertiary/aromatic N) is 3. The lowest BCUT2D eigenvalue weighted by Crippen LogP contribution is -2.26. The van der Waals surface area contributed by atoms with Crippen LogP contribution in [0.2, 0.25) is 0 Å². The van der Waals surface area contributed by atoms with Crippen molar-refractivity contribution in [3.8, 4) is 0 Å². The molecule has 5 heteroatoms. The maximum absolute atomic E-state index is 5.01. The first kappa shape index (κ1) is 13.5. The van der Waals surface area contributed by atoms with Crippen LogP contribution in [0.5, 0.6) is 0 Å². The molecule has 0 radical (unpaired) electrons. The van der Waals surface area contributed by atoms with Crippen LogP contribution in [-0.4, -0.2) is 54.3 Å². The maximum Gasteiger partial charge on any atom is 0.0949 e. The second-order valence-corrected chi connectivity index (χ2v) is 4.96. The first-order valence-electron chi connectivity index (χ1n) is 6.70. The Morgan fingerprint density at radius 1 is 1.56 bits per heavy atom. The summed E-state index contributed by atoms with van der Waals surface area (Å²) in [5.41, 5.74) is 1.25. The van der Waals surface area contributed by atoms with Crippen LogP contribution in [0, 0.1) is 0 Å². The van der Waals surface area contributed by atoms with Gasteiger partial charge in [-0.3, -0.25) is 0 Å². The van der Waals surface area contributed by atoms with Gasteiger partial charge in [0.05, 0.1) is 18.6 Å². The molecule has 5 nitrogen and oxygen atoms in total. The molecule has 1 fully saturated rings. The van der Waals surface area contributed by atoms with Gasteiger partial charge < -0.3 is 19.5 Å². The van der Waals surface area contributed by atoms with Crippen molar-refractivity contribution in [3.05, 3.63) is 18.2 Å². The van der Waals surface area contributed by atoms with Crippen LogP contribution < -0.4 is 5.32 Å². The van der Waals surface area contributed by atoms with Gasteiger partial charge in [0.25, 0.3) is 0 Å². The van der Waals surface area contributed by atoms with Crippen molar-refractivity contribution in [1.82, 2.24) is 19.8 Å². The summed E-state index contributed by atoms with van der Waals surface area (Å²) < 4.78 is 7.25. The van der Waals surface area contributed by atoms with Crippen LogP contribution >= 0.6 is 0 Å². The number of rotatable bonds is 9. The van der Waals surface area contributed by atoms with Gasteiger partial charge in [0, 0.05) is 45.5 Å². The summed E-state index contributed by atoms with van der Waals surface area (Å²) in [6.45, 7) is 4.61. The SMILES string of the molecule is COCCNCc1cncn1CCN(C)C1CC1. The molecule has 0 atom stereocenters. The van der Waals surface area contributed by atoms with E-state index in [4.69, 9.17) is 4.74 Å². The van der Waals surface area contributed by atoms with Crippen LogP contribution in [0.1, 0.15) is 18.5 Å². The van der Waals surface area contributed by atoms with Gasteiger partial charge in [0.15, 0.2) is 0 Å². The number of aromatic nitrogens is 2. The molecule has 18 heavy (non-hydrogen) atoms. The molecule has 1 aliphatic rings. The van der Waals surface area contributed by atoms with Gasteiger partial charge in [-0.2, -0.15) is 0 Å². The zero-order chi connectivity index (χ0) is 12.8. The molecule has 1 aliphatic carbocycles. The number of nitrogens with one attached hydrogen (secondary N) is 1. The first-order chi connectivity index (χ1) is 8.81. The Bertz CT molecular complexity index is 349. The van der Waals surface area contributed by atoms with E-state index in [1.807, 2.05) is 12.5 Å². The molecule has 0 amide bonds. The molecule has 1 aromatic heterocycles. The predicted octanol–water partition coefficient (Wildman–Crippen LogP) is 0.713. The second kappa shape index (κ2) is 6.87. The zero-order valence-corrected chi connectivity index (χ0v) is 11.4. The van der Waals surface area contributed by atoms with E-state index in [0.717, 1.165) is 38.8 Å². The summed E-state index contributed by atoms with van der Waals surface area (Å²) in [5.74, 6) is 0. The van der Waals surface area contributed by atoms with E-state index in [1.54, 1.807) is 7.11 Å². The van der Waals surface area contributed by atoms with Crippen molar-refractivity contribution in [3.63, 3.8) is 0 Å². The quantitative estimate of drug-likeness (QED) is 0.657. The van der Waals surface area contributed by atoms with E-state index in [1.165, 1.54) is 18.5 Å². The van der Waals surface area contributed by atoms with Gasteiger partial charge in [0.2, 0.25) is 0 Å². The molecule has 0 unspecified atom stereocenters. The van der Waals surface area contributed by atoms with Gasteiger partial charge >= 0.3 is 0 Å². The summed E-state index contributed by atoms with van der Waals surface area (Å²) in [6, 6.07) is 0.830.